The van der Waals surface area contributed by atoms with Crippen LogP contribution >= 0.6 is 0 Å². The molecule has 12 nitrogen and oxygen atoms in total. The standard InChI is InChI=1S/C26H30N6O6/c1-16-9-11-20(38-16)24-28-30-31(29-24)15-22(33)32(17-10-12-18(35-5)21(14-17)36-6)23(19-8-7-13-37-19)25(34)27-26(2,3)4/h7-14,23H,15H2,1-6H3,(H,27,34)/t23-/m0/s1. The summed E-state index contributed by atoms with van der Waals surface area (Å²) in [5, 5.41) is 15.2. The Morgan fingerprint density at radius 1 is 1.11 bits per heavy atom. The molecule has 1 N–H and O–H groups in total. The van der Waals surface area contributed by atoms with Crippen LogP contribution in [0.25, 0.3) is 11.6 Å². The third-order valence-electron chi connectivity index (χ3n) is 5.42. The fourth-order valence-corrected chi connectivity index (χ4v) is 3.83. The number of nitrogens with one attached hydrogen (secondary N) is 1. The summed E-state index contributed by atoms with van der Waals surface area (Å²) < 4.78 is 22.0. The number of hydrogen-bond acceptors (Lipinski definition) is 9. The number of hydrogen-bond donors (Lipinski definition) is 1. The van der Waals surface area contributed by atoms with Gasteiger partial charge in [-0.15, -0.1) is 10.2 Å². The van der Waals surface area contributed by atoms with Crippen LogP contribution in [0.3, 0.4) is 0 Å². The van der Waals surface area contributed by atoms with Gasteiger partial charge in [0.1, 0.15) is 18.1 Å². The van der Waals surface area contributed by atoms with E-state index in [1.165, 1.54) is 25.4 Å². The first-order valence-corrected chi connectivity index (χ1v) is 11.8. The van der Waals surface area contributed by atoms with Gasteiger partial charge in [0, 0.05) is 17.3 Å². The maximum absolute atomic E-state index is 13.9. The molecule has 1 aromatic carbocycles. The Kier molecular flexibility index (Phi) is 7.51. The molecule has 200 valence electrons. The lowest BCUT2D eigenvalue weighted by Gasteiger charge is -2.32. The van der Waals surface area contributed by atoms with Crippen molar-refractivity contribution in [3.05, 3.63) is 60.2 Å². The summed E-state index contributed by atoms with van der Waals surface area (Å²) in [6, 6.07) is 10.6. The second-order valence-electron chi connectivity index (χ2n) is 9.51. The van der Waals surface area contributed by atoms with Crippen LogP contribution in [0.4, 0.5) is 5.69 Å². The number of carbonyl (C=O) groups excluding carboxylic acids is 2. The first-order chi connectivity index (χ1) is 18.1. The van der Waals surface area contributed by atoms with E-state index in [1.807, 2.05) is 20.8 Å². The van der Waals surface area contributed by atoms with Crippen molar-refractivity contribution in [2.45, 2.75) is 45.8 Å². The molecule has 4 rings (SSSR count). The molecule has 2 amide bonds. The number of furan rings is 2. The zero-order chi connectivity index (χ0) is 27.4. The summed E-state index contributed by atoms with van der Waals surface area (Å²) >= 11 is 0. The number of aromatic nitrogens is 4. The number of anilines is 1. The molecular weight excluding hydrogens is 492 g/mol. The first kappa shape index (κ1) is 26.5. The minimum Gasteiger partial charge on any atom is -0.493 e. The van der Waals surface area contributed by atoms with Crippen molar-refractivity contribution in [3.8, 4) is 23.1 Å². The molecule has 0 bridgehead atoms. The van der Waals surface area contributed by atoms with E-state index in [2.05, 4.69) is 20.7 Å². The number of aryl methyl sites for hydroxylation is 1. The molecule has 3 heterocycles. The second-order valence-corrected chi connectivity index (χ2v) is 9.51. The molecule has 38 heavy (non-hydrogen) atoms. The van der Waals surface area contributed by atoms with E-state index >= 15 is 0 Å². The molecule has 12 heteroatoms. The van der Waals surface area contributed by atoms with Crippen LogP contribution in [-0.4, -0.2) is 51.8 Å². The van der Waals surface area contributed by atoms with Crippen molar-refractivity contribution in [1.29, 1.82) is 0 Å². The number of carbonyl (C=O) groups is 2. The maximum Gasteiger partial charge on any atom is 0.251 e. The largest absolute Gasteiger partial charge is 0.493 e. The molecule has 0 saturated carbocycles. The van der Waals surface area contributed by atoms with Crippen LogP contribution in [0.5, 0.6) is 11.5 Å². The number of methoxy groups -OCH3 is 2. The summed E-state index contributed by atoms with van der Waals surface area (Å²) in [6.07, 6.45) is 1.45. The maximum atomic E-state index is 13.9. The molecule has 0 saturated heterocycles. The van der Waals surface area contributed by atoms with Crippen molar-refractivity contribution in [1.82, 2.24) is 25.5 Å². The Morgan fingerprint density at radius 2 is 1.87 bits per heavy atom. The Bertz CT molecular complexity index is 1400. The van der Waals surface area contributed by atoms with Crippen molar-refractivity contribution in [2.24, 2.45) is 0 Å². The third kappa shape index (κ3) is 5.85. The zero-order valence-electron chi connectivity index (χ0n) is 22.1. The van der Waals surface area contributed by atoms with Gasteiger partial charge >= 0.3 is 0 Å². The van der Waals surface area contributed by atoms with E-state index in [0.29, 0.717) is 28.7 Å². The Morgan fingerprint density at radius 3 is 2.47 bits per heavy atom. The van der Waals surface area contributed by atoms with Gasteiger partial charge in [-0.3, -0.25) is 14.5 Å². The average molecular weight is 523 g/mol. The highest BCUT2D eigenvalue weighted by atomic mass is 16.5. The van der Waals surface area contributed by atoms with Gasteiger partial charge in [-0.25, -0.2) is 0 Å². The Labute approximate surface area is 219 Å². The van der Waals surface area contributed by atoms with Crippen molar-refractivity contribution < 1.29 is 27.9 Å². The number of rotatable bonds is 9. The summed E-state index contributed by atoms with van der Waals surface area (Å²) in [5.41, 5.74) is -0.197. The zero-order valence-corrected chi connectivity index (χ0v) is 22.1. The lowest BCUT2D eigenvalue weighted by molar-refractivity contribution is -0.128. The predicted octanol–water partition coefficient (Wildman–Crippen LogP) is 3.54. The number of amides is 2. The summed E-state index contributed by atoms with van der Waals surface area (Å²) in [4.78, 5) is 30.0. The molecule has 0 spiro atoms. The molecule has 1 atom stereocenters. The van der Waals surface area contributed by atoms with Crippen LogP contribution in [-0.2, 0) is 16.1 Å². The number of ether oxygens (including phenoxy) is 2. The van der Waals surface area contributed by atoms with Crippen LogP contribution in [0.1, 0.15) is 38.3 Å². The SMILES string of the molecule is COc1ccc(N(C(=O)Cn2nnc(-c3ccc(C)o3)n2)[C@H](C(=O)NC(C)(C)C)c2ccco2)cc1OC. The number of nitrogens with zero attached hydrogens (tertiary/aromatic N) is 5. The Hall–Kier alpha value is -4.61. The van der Waals surface area contributed by atoms with Crippen LogP contribution < -0.4 is 19.7 Å². The highest BCUT2D eigenvalue weighted by Gasteiger charge is 2.37. The van der Waals surface area contributed by atoms with Gasteiger partial charge in [0.25, 0.3) is 11.8 Å². The number of tetrazole rings is 1. The smallest absolute Gasteiger partial charge is 0.251 e. The molecule has 0 aliphatic carbocycles. The van der Waals surface area contributed by atoms with Crippen molar-refractivity contribution in [2.75, 3.05) is 19.1 Å². The van der Waals surface area contributed by atoms with E-state index < -0.39 is 23.4 Å². The molecule has 0 unspecified atom stereocenters. The topological polar surface area (TPSA) is 138 Å². The fraction of sp³-hybridized carbons (Fsp3) is 0.346. The molecule has 0 radical (unpaired) electrons. The lowest BCUT2D eigenvalue weighted by Crippen LogP contribution is -2.50. The van der Waals surface area contributed by atoms with Gasteiger partial charge in [-0.2, -0.15) is 4.80 Å². The van der Waals surface area contributed by atoms with Crippen molar-refractivity contribution in [3.63, 3.8) is 0 Å². The molecular formula is C26H30N6O6. The first-order valence-electron chi connectivity index (χ1n) is 11.8. The third-order valence-corrected chi connectivity index (χ3v) is 5.42. The van der Waals surface area contributed by atoms with Gasteiger partial charge in [-0.1, -0.05) is 0 Å². The summed E-state index contributed by atoms with van der Waals surface area (Å²) in [5.74, 6) is 1.54. The van der Waals surface area contributed by atoms with Gasteiger partial charge in [-0.05, 0) is 69.3 Å². The summed E-state index contributed by atoms with van der Waals surface area (Å²) in [6.45, 7) is 7.04. The van der Waals surface area contributed by atoms with E-state index in [-0.39, 0.29) is 18.1 Å². The normalized spacial score (nSPS) is 12.2. The quantitative estimate of drug-likeness (QED) is 0.350. The minimum absolute atomic E-state index is 0.233. The predicted molar refractivity (Wildman–Crippen MR) is 137 cm³/mol. The van der Waals surface area contributed by atoms with Crippen LogP contribution in [0, 0.1) is 6.92 Å². The van der Waals surface area contributed by atoms with E-state index in [0.717, 1.165) is 4.80 Å². The highest BCUT2D eigenvalue weighted by molar-refractivity contribution is 6.01. The minimum atomic E-state index is -1.15. The van der Waals surface area contributed by atoms with E-state index in [9.17, 15) is 9.59 Å². The van der Waals surface area contributed by atoms with Crippen molar-refractivity contribution >= 4 is 17.5 Å². The molecule has 0 aliphatic heterocycles. The lowest BCUT2D eigenvalue weighted by atomic mass is 10.1. The molecule has 0 fully saturated rings. The Balaban J connectivity index is 1.76. The highest BCUT2D eigenvalue weighted by Crippen LogP contribution is 2.36. The molecule has 4 aromatic rings. The van der Waals surface area contributed by atoms with Gasteiger partial charge in [0.15, 0.2) is 23.3 Å². The average Bonchev–Trinajstić information content (AvgIpc) is 3.63. The molecule has 3 aromatic heterocycles. The van der Waals surface area contributed by atoms with Gasteiger partial charge < -0.3 is 23.6 Å². The summed E-state index contributed by atoms with van der Waals surface area (Å²) in [7, 11) is 3.00. The second kappa shape index (κ2) is 10.8. The van der Waals surface area contributed by atoms with E-state index in [4.69, 9.17) is 18.3 Å². The fourth-order valence-electron chi connectivity index (χ4n) is 3.83. The number of benzene rings is 1. The van der Waals surface area contributed by atoms with E-state index in [1.54, 1.807) is 49.4 Å². The van der Waals surface area contributed by atoms with Crippen LogP contribution in [0.2, 0.25) is 0 Å². The van der Waals surface area contributed by atoms with Gasteiger partial charge in [0.05, 0.1) is 20.5 Å². The van der Waals surface area contributed by atoms with Crippen LogP contribution in [0.15, 0.2) is 57.6 Å². The molecule has 0 aliphatic rings. The van der Waals surface area contributed by atoms with Gasteiger partial charge in [0.2, 0.25) is 5.82 Å². The monoisotopic (exact) mass is 522 g/mol.